The van der Waals surface area contributed by atoms with Crippen LogP contribution < -0.4 is 5.32 Å². The predicted octanol–water partition coefficient (Wildman–Crippen LogP) is 4.22. The molecule has 4 heteroatoms. The maximum absolute atomic E-state index is 12.4. The average molecular weight is 343 g/mol. The van der Waals surface area contributed by atoms with Crippen molar-refractivity contribution in [1.29, 1.82) is 0 Å². The van der Waals surface area contributed by atoms with Gasteiger partial charge >= 0.3 is 0 Å². The highest BCUT2D eigenvalue weighted by Gasteiger charge is 2.24. The van der Waals surface area contributed by atoms with Crippen LogP contribution in [0, 0.1) is 6.92 Å². The van der Waals surface area contributed by atoms with Gasteiger partial charge in [0.1, 0.15) is 0 Å². The molecule has 0 aliphatic carbocycles. The first-order chi connectivity index (χ1) is 11.6. The second-order valence-corrected chi connectivity index (χ2v) is 6.82. The van der Waals surface area contributed by atoms with E-state index in [0.29, 0.717) is 17.1 Å². The van der Waals surface area contributed by atoms with E-state index in [9.17, 15) is 4.79 Å². The first-order valence-electron chi connectivity index (χ1n) is 8.48. The fourth-order valence-corrected chi connectivity index (χ4v) is 3.32. The molecule has 1 amide bonds. The highest BCUT2D eigenvalue weighted by Crippen LogP contribution is 2.25. The van der Waals surface area contributed by atoms with Gasteiger partial charge in [-0.25, -0.2) is 0 Å². The molecule has 0 unspecified atom stereocenters. The van der Waals surface area contributed by atoms with E-state index in [2.05, 4.69) is 41.4 Å². The van der Waals surface area contributed by atoms with Crippen LogP contribution in [0.3, 0.4) is 0 Å². The number of likely N-dealkylation sites (tertiary alicyclic amines) is 1. The number of nitrogens with one attached hydrogen (secondary N) is 1. The van der Waals surface area contributed by atoms with Crippen LogP contribution in [0.1, 0.15) is 40.4 Å². The van der Waals surface area contributed by atoms with Gasteiger partial charge in [0.25, 0.3) is 5.91 Å². The summed E-state index contributed by atoms with van der Waals surface area (Å²) in [5.41, 5.74) is 3.16. The van der Waals surface area contributed by atoms with E-state index >= 15 is 0 Å². The Hall–Kier alpha value is -1.84. The lowest BCUT2D eigenvalue weighted by atomic mass is 10.0. The fourth-order valence-electron chi connectivity index (χ4n) is 3.19. The molecule has 1 N–H and O–H groups in total. The number of carbonyl (C=O) groups is 1. The lowest BCUT2D eigenvalue weighted by Crippen LogP contribution is -2.36. The quantitative estimate of drug-likeness (QED) is 0.882. The van der Waals surface area contributed by atoms with Gasteiger partial charge in [0.05, 0.1) is 6.04 Å². The van der Waals surface area contributed by atoms with E-state index in [4.69, 9.17) is 11.6 Å². The monoisotopic (exact) mass is 342 g/mol. The van der Waals surface area contributed by atoms with Crippen molar-refractivity contribution in [1.82, 2.24) is 10.2 Å². The van der Waals surface area contributed by atoms with Crippen molar-refractivity contribution in [3.8, 4) is 0 Å². The molecule has 0 spiro atoms. The minimum absolute atomic E-state index is 0.0528. The van der Waals surface area contributed by atoms with Gasteiger partial charge in [0, 0.05) is 17.1 Å². The summed E-state index contributed by atoms with van der Waals surface area (Å²) in [6.45, 7) is 4.90. The van der Waals surface area contributed by atoms with E-state index < -0.39 is 0 Å². The minimum Gasteiger partial charge on any atom is -0.350 e. The highest BCUT2D eigenvalue weighted by atomic mass is 35.5. The molecule has 1 fully saturated rings. The molecule has 0 bridgehead atoms. The third kappa shape index (κ3) is 4.16. The summed E-state index contributed by atoms with van der Waals surface area (Å²) < 4.78 is 0. The largest absolute Gasteiger partial charge is 0.350 e. The van der Waals surface area contributed by atoms with Crippen LogP contribution in [-0.2, 0) is 0 Å². The molecule has 0 saturated carbocycles. The molecule has 1 atom stereocenters. The number of rotatable bonds is 5. The lowest BCUT2D eigenvalue weighted by molar-refractivity contribution is 0.0938. The van der Waals surface area contributed by atoms with Gasteiger partial charge in [-0.1, -0.05) is 41.4 Å². The molecule has 1 saturated heterocycles. The maximum Gasteiger partial charge on any atom is 0.251 e. The van der Waals surface area contributed by atoms with Crippen molar-refractivity contribution in [3.63, 3.8) is 0 Å². The molecule has 1 heterocycles. The molecular formula is C20H23ClN2O. The van der Waals surface area contributed by atoms with Crippen molar-refractivity contribution >= 4 is 17.5 Å². The van der Waals surface area contributed by atoms with Crippen LogP contribution in [0.2, 0.25) is 5.02 Å². The molecule has 1 aliphatic rings. The maximum atomic E-state index is 12.4. The number of aryl methyl sites for hydroxylation is 1. The van der Waals surface area contributed by atoms with Gasteiger partial charge in [0.2, 0.25) is 0 Å². The summed E-state index contributed by atoms with van der Waals surface area (Å²) in [6.07, 6.45) is 2.46. The van der Waals surface area contributed by atoms with Gasteiger partial charge in [-0.05, 0) is 62.7 Å². The van der Waals surface area contributed by atoms with E-state index in [1.54, 1.807) is 24.3 Å². The molecule has 0 radical (unpaired) electrons. The minimum atomic E-state index is -0.0528. The van der Waals surface area contributed by atoms with E-state index in [1.165, 1.54) is 24.0 Å². The zero-order chi connectivity index (χ0) is 16.9. The van der Waals surface area contributed by atoms with Crippen LogP contribution in [0.25, 0.3) is 0 Å². The van der Waals surface area contributed by atoms with E-state index in [0.717, 1.165) is 13.1 Å². The molecule has 3 nitrogen and oxygen atoms in total. The standard InChI is InChI=1S/C20H23ClN2O/c1-15-4-6-16(7-5-15)19(23-12-2-3-13-23)14-22-20(24)17-8-10-18(21)11-9-17/h4-11,19H,2-3,12-14H2,1H3,(H,22,24)/t19-/m0/s1. The first-order valence-corrected chi connectivity index (χ1v) is 8.85. The second kappa shape index (κ2) is 7.82. The van der Waals surface area contributed by atoms with Gasteiger partial charge in [-0.2, -0.15) is 0 Å². The third-order valence-corrected chi connectivity index (χ3v) is 4.86. The SMILES string of the molecule is Cc1ccc([C@H](CNC(=O)c2ccc(Cl)cc2)N2CCCC2)cc1. The number of halogens is 1. The van der Waals surface area contributed by atoms with Gasteiger partial charge in [-0.15, -0.1) is 0 Å². The summed E-state index contributed by atoms with van der Waals surface area (Å²) in [7, 11) is 0. The molecule has 3 rings (SSSR count). The number of nitrogens with zero attached hydrogens (tertiary/aromatic N) is 1. The molecule has 1 aliphatic heterocycles. The first kappa shape index (κ1) is 17.0. The number of benzene rings is 2. The third-order valence-electron chi connectivity index (χ3n) is 4.61. The number of carbonyl (C=O) groups excluding carboxylic acids is 1. The van der Waals surface area contributed by atoms with Crippen molar-refractivity contribution in [2.45, 2.75) is 25.8 Å². The van der Waals surface area contributed by atoms with Crippen molar-refractivity contribution in [2.75, 3.05) is 19.6 Å². The van der Waals surface area contributed by atoms with Crippen LogP contribution in [0.4, 0.5) is 0 Å². The lowest BCUT2D eigenvalue weighted by Gasteiger charge is -2.28. The van der Waals surface area contributed by atoms with Crippen LogP contribution >= 0.6 is 11.6 Å². The van der Waals surface area contributed by atoms with Crippen molar-refractivity contribution in [2.24, 2.45) is 0 Å². The second-order valence-electron chi connectivity index (χ2n) is 6.39. The Labute approximate surface area is 148 Å². The molecule has 0 aromatic heterocycles. The van der Waals surface area contributed by atoms with Crippen LogP contribution in [-0.4, -0.2) is 30.4 Å². The highest BCUT2D eigenvalue weighted by molar-refractivity contribution is 6.30. The smallest absolute Gasteiger partial charge is 0.251 e. The Kier molecular flexibility index (Phi) is 5.54. The molecule has 24 heavy (non-hydrogen) atoms. The van der Waals surface area contributed by atoms with Crippen LogP contribution in [0.15, 0.2) is 48.5 Å². The summed E-state index contributed by atoms with van der Waals surface area (Å²) in [5.74, 6) is -0.0528. The van der Waals surface area contributed by atoms with Crippen molar-refractivity contribution in [3.05, 3.63) is 70.2 Å². The van der Waals surface area contributed by atoms with Gasteiger partial charge in [0.15, 0.2) is 0 Å². The molecule has 126 valence electrons. The Balaban J connectivity index is 1.70. The Morgan fingerprint density at radius 2 is 1.71 bits per heavy atom. The predicted molar refractivity (Wildman–Crippen MR) is 98.5 cm³/mol. The Bertz CT molecular complexity index is 676. The van der Waals surface area contributed by atoms with E-state index in [1.807, 2.05) is 0 Å². The Morgan fingerprint density at radius 3 is 2.33 bits per heavy atom. The Morgan fingerprint density at radius 1 is 1.08 bits per heavy atom. The topological polar surface area (TPSA) is 32.3 Å². The fraction of sp³-hybridized carbons (Fsp3) is 0.350. The summed E-state index contributed by atoms with van der Waals surface area (Å²) in [6, 6.07) is 15.9. The number of hydrogen-bond donors (Lipinski definition) is 1. The summed E-state index contributed by atoms with van der Waals surface area (Å²) in [5, 5.41) is 3.72. The average Bonchev–Trinajstić information content (AvgIpc) is 3.11. The zero-order valence-electron chi connectivity index (χ0n) is 14.0. The number of hydrogen-bond acceptors (Lipinski definition) is 2. The molecule has 2 aromatic carbocycles. The van der Waals surface area contributed by atoms with E-state index in [-0.39, 0.29) is 11.9 Å². The van der Waals surface area contributed by atoms with Gasteiger partial charge < -0.3 is 5.32 Å². The summed E-state index contributed by atoms with van der Waals surface area (Å²) >= 11 is 5.88. The molecular weight excluding hydrogens is 320 g/mol. The number of amides is 1. The normalized spacial score (nSPS) is 16.1. The zero-order valence-corrected chi connectivity index (χ0v) is 14.7. The summed E-state index contributed by atoms with van der Waals surface area (Å²) in [4.78, 5) is 14.9. The van der Waals surface area contributed by atoms with Crippen molar-refractivity contribution < 1.29 is 4.79 Å². The van der Waals surface area contributed by atoms with Gasteiger partial charge in [-0.3, -0.25) is 9.69 Å². The molecule has 2 aromatic rings. The van der Waals surface area contributed by atoms with Crippen LogP contribution in [0.5, 0.6) is 0 Å².